The monoisotopic (exact) mass is 186 g/mol. The summed E-state index contributed by atoms with van der Waals surface area (Å²) in [6.45, 7) is 1.78. The van der Waals surface area contributed by atoms with Gasteiger partial charge >= 0.3 is 0 Å². The van der Waals surface area contributed by atoms with Gasteiger partial charge in [0.15, 0.2) is 5.82 Å². The fourth-order valence-corrected chi connectivity index (χ4v) is 2.47. The van der Waals surface area contributed by atoms with Crippen LogP contribution in [0.1, 0.15) is 17.6 Å². The van der Waals surface area contributed by atoms with E-state index in [0.29, 0.717) is 11.7 Å². The molecule has 66 valence electrons. The van der Waals surface area contributed by atoms with Crippen molar-refractivity contribution in [3.63, 3.8) is 0 Å². The second kappa shape index (κ2) is 3.06. The van der Waals surface area contributed by atoms with E-state index in [1.807, 2.05) is 0 Å². The molecular formula is C7H10N2O2S. The molecule has 1 aliphatic rings. The third-order valence-electron chi connectivity index (χ3n) is 1.91. The minimum Gasteiger partial charge on any atom is -0.391 e. The number of aromatic nitrogens is 2. The maximum atomic E-state index is 9.50. The van der Waals surface area contributed by atoms with Crippen LogP contribution in [0.25, 0.3) is 0 Å². The fourth-order valence-electron chi connectivity index (χ4n) is 1.24. The third kappa shape index (κ3) is 1.34. The molecule has 4 nitrogen and oxygen atoms in total. The number of nitrogens with zero attached hydrogens (tertiary/aromatic N) is 2. The molecule has 0 aromatic carbocycles. The maximum absolute atomic E-state index is 9.50. The van der Waals surface area contributed by atoms with Crippen molar-refractivity contribution < 1.29 is 9.63 Å². The van der Waals surface area contributed by atoms with Crippen molar-refractivity contribution >= 4 is 11.8 Å². The van der Waals surface area contributed by atoms with Crippen LogP contribution in [0.2, 0.25) is 0 Å². The summed E-state index contributed by atoms with van der Waals surface area (Å²) in [5.41, 5.74) is 0. The second-order valence-electron chi connectivity index (χ2n) is 2.89. The van der Waals surface area contributed by atoms with Crippen LogP contribution in [-0.2, 0) is 0 Å². The number of aryl methyl sites for hydroxylation is 1. The van der Waals surface area contributed by atoms with Gasteiger partial charge in [0.05, 0.1) is 12.0 Å². The summed E-state index contributed by atoms with van der Waals surface area (Å²) in [5.74, 6) is 2.89. The molecule has 0 aliphatic carbocycles. The van der Waals surface area contributed by atoms with Crippen molar-refractivity contribution in [2.24, 2.45) is 0 Å². The van der Waals surface area contributed by atoms with Gasteiger partial charge in [0.25, 0.3) is 0 Å². The molecule has 0 radical (unpaired) electrons. The minimum absolute atomic E-state index is 0.0381. The molecule has 5 heteroatoms. The minimum atomic E-state index is -0.324. The van der Waals surface area contributed by atoms with Gasteiger partial charge in [0, 0.05) is 11.5 Å². The van der Waals surface area contributed by atoms with E-state index in [1.54, 1.807) is 18.7 Å². The largest absolute Gasteiger partial charge is 0.391 e. The van der Waals surface area contributed by atoms with E-state index in [4.69, 9.17) is 4.52 Å². The first kappa shape index (κ1) is 8.07. The van der Waals surface area contributed by atoms with Gasteiger partial charge in [-0.2, -0.15) is 16.7 Å². The number of rotatable bonds is 1. The Morgan fingerprint density at radius 3 is 2.92 bits per heavy atom. The van der Waals surface area contributed by atoms with Crippen LogP contribution in [0, 0.1) is 6.92 Å². The number of aliphatic hydroxyl groups is 1. The lowest BCUT2D eigenvalue weighted by Gasteiger charge is -2.06. The highest BCUT2D eigenvalue weighted by Crippen LogP contribution is 2.31. The van der Waals surface area contributed by atoms with Gasteiger partial charge in [0.2, 0.25) is 5.89 Å². The number of hydrogen-bond acceptors (Lipinski definition) is 5. The summed E-state index contributed by atoms with van der Waals surface area (Å²) < 4.78 is 4.98. The zero-order valence-corrected chi connectivity index (χ0v) is 7.54. The first-order chi connectivity index (χ1) is 5.77. The van der Waals surface area contributed by atoms with Gasteiger partial charge < -0.3 is 9.63 Å². The summed E-state index contributed by atoms with van der Waals surface area (Å²) in [4.78, 5) is 4.09. The van der Waals surface area contributed by atoms with E-state index in [2.05, 4.69) is 10.1 Å². The molecule has 1 aromatic heterocycles. The molecule has 1 saturated heterocycles. The van der Waals surface area contributed by atoms with Crippen molar-refractivity contribution in [3.8, 4) is 0 Å². The van der Waals surface area contributed by atoms with Crippen molar-refractivity contribution in [1.82, 2.24) is 10.1 Å². The normalized spacial score (nSPS) is 29.5. The average Bonchev–Trinajstić information content (AvgIpc) is 2.58. The lowest BCUT2D eigenvalue weighted by molar-refractivity contribution is 0.164. The second-order valence-corrected chi connectivity index (χ2v) is 3.97. The van der Waals surface area contributed by atoms with Gasteiger partial charge in [0.1, 0.15) is 0 Å². The Balaban J connectivity index is 2.19. The van der Waals surface area contributed by atoms with Gasteiger partial charge in [-0.15, -0.1) is 0 Å². The quantitative estimate of drug-likeness (QED) is 0.694. The maximum Gasteiger partial charge on any atom is 0.233 e. The van der Waals surface area contributed by atoms with E-state index in [1.165, 1.54) is 0 Å². The van der Waals surface area contributed by atoms with Crippen LogP contribution in [0.3, 0.4) is 0 Å². The van der Waals surface area contributed by atoms with E-state index in [0.717, 1.165) is 11.5 Å². The standard InChI is InChI=1S/C7H10N2O2S/c1-4-8-7(11-9-4)5-2-12-3-6(5)10/h5-6,10H,2-3H2,1H3. The van der Waals surface area contributed by atoms with Gasteiger partial charge in [-0.1, -0.05) is 5.16 Å². The topological polar surface area (TPSA) is 59.2 Å². The van der Waals surface area contributed by atoms with Crippen molar-refractivity contribution in [2.75, 3.05) is 11.5 Å². The number of thioether (sulfide) groups is 1. The Labute approximate surface area is 74.4 Å². The fraction of sp³-hybridized carbons (Fsp3) is 0.714. The van der Waals surface area contributed by atoms with Gasteiger partial charge in [-0.05, 0) is 6.92 Å². The highest BCUT2D eigenvalue weighted by molar-refractivity contribution is 7.99. The SMILES string of the molecule is Cc1noc(C2CSCC2O)n1. The van der Waals surface area contributed by atoms with Crippen LogP contribution in [0.5, 0.6) is 0 Å². The average molecular weight is 186 g/mol. The Morgan fingerprint density at radius 2 is 2.42 bits per heavy atom. The molecule has 0 amide bonds. The summed E-state index contributed by atoms with van der Waals surface area (Å²) in [7, 11) is 0. The van der Waals surface area contributed by atoms with Gasteiger partial charge in [-0.3, -0.25) is 0 Å². The van der Waals surface area contributed by atoms with E-state index >= 15 is 0 Å². The van der Waals surface area contributed by atoms with E-state index in [9.17, 15) is 5.11 Å². The Bertz CT molecular complexity index is 276. The van der Waals surface area contributed by atoms with Crippen LogP contribution >= 0.6 is 11.8 Å². The van der Waals surface area contributed by atoms with Gasteiger partial charge in [-0.25, -0.2) is 0 Å². The van der Waals surface area contributed by atoms with E-state index < -0.39 is 0 Å². The van der Waals surface area contributed by atoms with Crippen molar-refractivity contribution in [1.29, 1.82) is 0 Å². The van der Waals surface area contributed by atoms with Crippen LogP contribution in [0.4, 0.5) is 0 Å². The summed E-state index contributed by atoms with van der Waals surface area (Å²) >= 11 is 1.72. The Kier molecular flexibility index (Phi) is 2.06. The van der Waals surface area contributed by atoms with Crippen molar-refractivity contribution in [3.05, 3.63) is 11.7 Å². The lowest BCUT2D eigenvalue weighted by Crippen LogP contribution is -2.15. The predicted molar refractivity (Wildman–Crippen MR) is 45.1 cm³/mol. The number of hydrogen-bond donors (Lipinski definition) is 1. The third-order valence-corrected chi connectivity index (χ3v) is 3.08. The van der Waals surface area contributed by atoms with Crippen LogP contribution in [-0.4, -0.2) is 32.9 Å². The highest BCUT2D eigenvalue weighted by Gasteiger charge is 2.31. The summed E-state index contributed by atoms with van der Waals surface area (Å²) in [5, 5.41) is 13.2. The molecule has 1 fully saturated rings. The molecule has 1 aromatic rings. The zero-order valence-electron chi connectivity index (χ0n) is 6.73. The summed E-state index contributed by atoms with van der Waals surface area (Å²) in [6, 6.07) is 0. The molecule has 2 rings (SSSR count). The zero-order chi connectivity index (χ0) is 8.55. The highest BCUT2D eigenvalue weighted by atomic mass is 32.2. The lowest BCUT2D eigenvalue weighted by atomic mass is 10.1. The molecule has 0 bridgehead atoms. The molecule has 2 unspecified atom stereocenters. The first-order valence-corrected chi connectivity index (χ1v) is 4.99. The Hall–Kier alpha value is -0.550. The molecule has 0 saturated carbocycles. The smallest absolute Gasteiger partial charge is 0.233 e. The van der Waals surface area contributed by atoms with Crippen molar-refractivity contribution in [2.45, 2.75) is 18.9 Å². The summed E-state index contributed by atoms with van der Waals surface area (Å²) in [6.07, 6.45) is -0.324. The molecule has 2 heterocycles. The number of aliphatic hydroxyl groups excluding tert-OH is 1. The van der Waals surface area contributed by atoms with E-state index in [-0.39, 0.29) is 12.0 Å². The molecular weight excluding hydrogens is 176 g/mol. The Morgan fingerprint density at radius 1 is 1.58 bits per heavy atom. The molecule has 1 aliphatic heterocycles. The van der Waals surface area contributed by atoms with Crippen LogP contribution < -0.4 is 0 Å². The molecule has 1 N–H and O–H groups in total. The molecule has 2 atom stereocenters. The first-order valence-electron chi connectivity index (χ1n) is 3.83. The van der Waals surface area contributed by atoms with Crippen LogP contribution in [0.15, 0.2) is 4.52 Å². The molecule has 0 spiro atoms. The predicted octanol–water partition coefficient (Wildman–Crippen LogP) is 0.569. The molecule has 12 heavy (non-hydrogen) atoms.